The molecule has 3 rings (SSSR count). The average molecular weight is 472 g/mol. The number of carboxylic acid groups (broad SMARTS) is 1. The van der Waals surface area contributed by atoms with Crippen LogP contribution in [0.2, 0.25) is 0 Å². The minimum Gasteiger partial charge on any atom is -0.550 e. The molecule has 0 aliphatic heterocycles. The molecule has 1 aromatic heterocycles. The second-order valence-corrected chi connectivity index (χ2v) is 8.19. The quantitative estimate of drug-likeness (QED) is 0.505. The fourth-order valence-electron chi connectivity index (χ4n) is 3.48. The Kier molecular flexibility index (Phi) is 7.75. The van der Waals surface area contributed by atoms with Crippen LogP contribution in [0.4, 0.5) is 24.7 Å². The smallest absolute Gasteiger partial charge is 0.416 e. The summed E-state index contributed by atoms with van der Waals surface area (Å²) in [5.41, 5.74) is 1.25. The van der Waals surface area contributed by atoms with E-state index in [1.54, 1.807) is 18.2 Å². The van der Waals surface area contributed by atoms with E-state index in [1.165, 1.54) is 12.1 Å². The number of halogens is 3. The molecule has 0 spiro atoms. The van der Waals surface area contributed by atoms with Crippen LogP contribution >= 0.6 is 0 Å². The number of nitrogens with zero attached hydrogens (tertiary/aromatic N) is 2. The largest absolute Gasteiger partial charge is 0.550 e. The van der Waals surface area contributed by atoms with E-state index in [9.17, 15) is 27.9 Å². The zero-order valence-corrected chi connectivity index (χ0v) is 18.9. The van der Waals surface area contributed by atoms with Gasteiger partial charge in [-0.2, -0.15) is 13.2 Å². The minimum atomic E-state index is -4.38. The predicted molar refractivity (Wildman–Crippen MR) is 122 cm³/mol. The zero-order valence-electron chi connectivity index (χ0n) is 18.9. The van der Waals surface area contributed by atoms with Gasteiger partial charge in [-0.15, -0.1) is 0 Å². The standard InChI is InChI=1S/C25H26F3N3O3/c1-16(3-14-24(33)34)31(2)22-12-7-18-15-20(10-11-21(18)30-22)29-23(32)13-6-17-4-8-19(9-5-17)25(26,27)28/h4-5,7-12,15-16H,3,6,13-14H2,1-2H3,(H,29,32)(H,33,34)/p-1. The molecule has 0 fully saturated rings. The lowest BCUT2D eigenvalue weighted by Crippen LogP contribution is -2.32. The number of hydrogen-bond acceptors (Lipinski definition) is 5. The van der Waals surface area contributed by atoms with Crippen molar-refractivity contribution < 1.29 is 27.9 Å². The number of aryl methyl sites for hydroxylation is 1. The first-order valence-corrected chi connectivity index (χ1v) is 10.8. The molecular weight excluding hydrogens is 447 g/mol. The van der Waals surface area contributed by atoms with Gasteiger partial charge in [0.2, 0.25) is 5.91 Å². The number of alkyl halides is 3. The monoisotopic (exact) mass is 472 g/mol. The third-order valence-corrected chi connectivity index (χ3v) is 5.67. The molecule has 0 saturated carbocycles. The van der Waals surface area contributed by atoms with Crippen molar-refractivity contribution in [2.24, 2.45) is 0 Å². The maximum absolute atomic E-state index is 12.6. The number of rotatable bonds is 9. The lowest BCUT2D eigenvalue weighted by Gasteiger charge is -2.26. The van der Waals surface area contributed by atoms with E-state index in [0.717, 1.165) is 23.0 Å². The third-order valence-electron chi connectivity index (χ3n) is 5.67. The van der Waals surface area contributed by atoms with Crippen molar-refractivity contribution in [3.05, 3.63) is 65.7 Å². The highest BCUT2D eigenvalue weighted by Crippen LogP contribution is 2.29. The topological polar surface area (TPSA) is 85.4 Å². The molecule has 34 heavy (non-hydrogen) atoms. The summed E-state index contributed by atoms with van der Waals surface area (Å²) in [6.45, 7) is 1.91. The van der Waals surface area contributed by atoms with Gasteiger partial charge in [-0.1, -0.05) is 12.1 Å². The second kappa shape index (κ2) is 10.5. The van der Waals surface area contributed by atoms with Gasteiger partial charge in [0.1, 0.15) is 5.82 Å². The van der Waals surface area contributed by atoms with Gasteiger partial charge in [-0.25, -0.2) is 4.98 Å². The first-order valence-electron chi connectivity index (χ1n) is 10.8. The Morgan fingerprint density at radius 3 is 2.41 bits per heavy atom. The van der Waals surface area contributed by atoms with Crippen LogP contribution in [0.15, 0.2) is 54.6 Å². The number of benzene rings is 2. The Bertz CT molecular complexity index is 1160. The van der Waals surface area contributed by atoms with Crippen molar-refractivity contribution >= 4 is 34.3 Å². The minimum absolute atomic E-state index is 0.0268. The Morgan fingerprint density at radius 1 is 1.06 bits per heavy atom. The summed E-state index contributed by atoms with van der Waals surface area (Å²) in [5.74, 6) is -0.627. The summed E-state index contributed by atoms with van der Waals surface area (Å²) in [6.07, 6.45) is -3.51. The van der Waals surface area contributed by atoms with E-state index < -0.39 is 17.7 Å². The number of fused-ring (bicyclic) bond motifs is 1. The molecule has 1 heterocycles. The van der Waals surface area contributed by atoms with Crippen molar-refractivity contribution in [2.45, 2.75) is 44.8 Å². The highest BCUT2D eigenvalue weighted by atomic mass is 19.4. The zero-order chi connectivity index (χ0) is 24.9. The SMILES string of the molecule is CC(CCC(=O)[O-])N(C)c1ccc2cc(NC(=O)CCc3ccc(C(F)(F)F)cc3)ccc2n1. The van der Waals surface area contributed by atoms with E-state index in [-0.39, 0.29) is 24.8 Å². The lowest BCUT2D eigenvalue weighted by molar-refractivity contribution is -0.305. The number of carbonyl (C=O) groups is 2. The van der Waals surface area contributed by atoms with Gasteiger partial charge < -0.3 is 20.1 Å². The number of aromatic nitrogens is 1. The van der Waals surface area contributed by atoms with E-state index in [2.05, 4.69) is 10.3 Å². The van der Waals surface area contributed by atoms with Gasteiger partial charge >= 0.3 is 6.18 Å². The molecule has 0 aliphatic carbocycles. The first-order chi connectivity index (χ1) is 16.0. The Morgan fingerprint density at radius 2 is 1.76 bits per heavy atom. The van der Waals surface area contributed by atoms with Crippen LogP contribution in [-0.4, -0.2) is 29.9 Å². The molecule has 1 atom stereocenters. The summed E-state index contributed by atoms with van der Waals surface area (Å²) < 4.78 is 37.9. The highest BCUT2D eigenvalue weighted by Gasteiger charge is 2.29. The molecule has 6 nitrogen and oxygen atoms in total. The van der Waals surface area contributed by atoms with Crippen LogP contribution in [0.3, 0.4) is 0 Å². The predicted octanol–water partition coefficient (Wildman–Crippen LogP) is 4.18. The number of carbonyl (C=O) groups excluding carboxylic acids is 2. The first kappa shape index (κ1) is 25.0. The molecule has 1 N–H and O–H groups in total. The molecule has 2 aromatic carbocycles. The fraction of sp³-hybridized carbons (Fsp3) is 0.320. The van der Waals surface area contributed by atoms with Gasteiger partial charge in [0.05, 0.1) is 11.1 Å². The summed E-state index contributed by atoms with van der Waals surface area (Å²) in [5, 5.41) is 14.3. The maximum atomic E-state index is 12.6. The third kappa shape index (κ3) is 6.69. The molecule has 0 aliphatic rings. The fourth-order valence-corrected chi connectivity index (χ4v) is 3.48. The number of pyridine rings is 1. The molecule has 0 radical (unpaired) electrons. The molecule has 0 bridgehead atoms. The molecule has 0 saturated heterocycles. The summed E-state index contributed by atoms with van der Waals surface area (Å²) in [6, 6.07) is 13.8. The summed E-state index contributed by atoms with van der Waals surface area (Å²) >= 11 is 0. The van der Waals surface area contributed by atoms with Crippen LogP contribution in [0, 0.1) is 0 Å². The van der Waals surface area contributed by atoms with Gasteiger partial charge in [-0.3, -0.25) is 4.79 Å². The van der Waals surface area contributed by atoms with Crippen molar-refractivity contribution in [2.75, 3.05) is 17.3 Å². The van der Waals surface area contributed by atoms with Gasteiger partial charge in [-0.05, 0) is 74.2 Å². The van der Waals surface area contributed by atoms with Crippen molar-refractivity contribution in [1.82, 2.24) is 4.98 Å². The summed E-state index contributed by atoms with van der Waals surface area (Å²) in [4.78, 5) is 29.5. The number of aliphatic carboxylic acids is 1. The Labute approximate surface area is 195 Å². The van der Waals surface area contributed by atoms with E-state index in [4.69, 9.17) is 0 Å². The highest BCUT2D eigenvalue weighted by molar-refractivity contribution is 5.94. The van der Waals surface area contributed by atoms with Crippen LogP contribution in [0.25, 0.3) is 10.9 Å². The van der Waals surface area contributed by atoms with Crippen molar-refractivity contribution in [3.63, 3.8) is 0 Å². The van der Waals surface area contributed by atoms with E-state index in [0.29, 0.717) is 29.9 Å². The second-order valence-electron chi connectivity index (χ2n) is 8.19. The van der Waals surface area contributed by atoms with Crippen LogP contribution in [0.5, 0.6) is 0 Å². The van der Waals surface area contributed by atoms with Crippen molar-refractivity contribution in [1.29, 1.82) is 0 Å². The van der Waals surface area contributed by atoms with Crippen molar-refractivity contribution in [3.8, 4) is 0 Å². The number of nitrogens with one attached hydrogen (secondary N) is 1. The molecule has 180 valence electrons. The molecule has 3 aromatic rings. The number of carboxylic acids is 1. The Balaban J connectivity index is 1.59. The van der Waals surface area contributed by atoms with E-state index in [1.807, 2.05) is 31.0 Å². The van der Waals surface area contributed by atoms with Gasteiger partial charge in [0.15, 0.2) is 0 Å². The van der Waals surface area contributed by atoms with Gasteiger partial charge in [0.25, 0.3) is 0 Å². The maximum Gasteiger partial charge on any atom is 0.416 e. The normalized spacial score (nSPS) is 12.4. The Hall–Kier alpha value is -3.62. The number of anilines is 2. The van der Waals surface area contributed by atoms with Crippen LogP contribution < -0.4 is 15.3 Å². The van der Waals surface area contributed by atoms with E-state index >= 15 is 0 Å². The average Bonchev–Trinajstić information content (AvgIpc) is 2.80. The summed E-state index contributed by atoms with van der Waals surface area (Å²) in [7, 11) is 1.85. The molecular formula is C25H25F3N3O3-. The van der Waals surface area contributed by atoms with Crippen LogP contribution in [0.1, 0.15) is 37.3 Å². The lowest BCUT2D eigenvalue weighted by atomic mass is 10.1. The molecule has 9 heteroatoms. The number of hydrogen-bond donors (Lipinski definition) is 1. The molecule has 1 amide bonds. The number of amides is 1. The van der Waals surface area contributed by atoms with Gasteiger partial charge in [0, 0.05) is 36.6 Å². The van der Waals surface area contributed by atoms with Crippen LogP contribution in [-0.2, 0) is 22.2 Å². The molecule has 1 unspecified atom stereocenters.